The summed E-state index contributed by atoms with van der Waals surface area (Å²) in [7, 11) is 0. The Morgan fingerprint density at radius 2 is 1.95 bits per heavy atom. The van der Waals surface area contributed by atoms with Crippen molar-refractivity contribution in [2.24, 2.45) is 5.41 Å². The minimum absolute atomic E-state index is 0.0605. The van der Waals surface area contributed by atoms with Crippen LogP contribution in [0.5, 0.6) is 0 Å². The molecule has 0 unspecified atom stereocenters. The molecule has 1 saturated heterocycles. The highest BCUT2D eigenvalue weighted by Crippen LogP contribution is 2.58. The lowest BCUT2D eigenvalue weighted by molar-refractivity contribution is -0.135. The molecule has 1 aromatic rings. The summed E-state index contributed by atoms with van der Waals surface area (Å²) in [5.41, 5.74) is 3.78. The van der Waals surface area contributed by atoms with Gasteiger partial charge in [-0.2, -0.15) is 5.26 Å². The van der Waals surface area contributed by atoms with Gasteiger partial charge in [-0.05, 0) is 42.4 Å². The first-order valence-electron chi connectivity index (χ1n) is 7.65. The number of rotatable bonds is 3. The molecule has 1 aromatic carbocycles. The Bertz CT molecular complexity index is 559. The molecule has 0 N–H and O–H groups in total. The van der Waals surface area contributed by atoms with Crippen molar-refractivity contribution in [3.63, 3.8) is 0 Å². The summed E-state index contributed by atoms with van der Waals surface area (Å²) in [6, 6.07) is 9.42. The third-order valence-electron chi connectivity index (χ3n) is 5.48. The summed E-state index contributed by atoms with van der Waals surface area (Å²) in [6.45, 7) is 8.04. The van der Waals surface area contributed by atoms with Gasteiger partial charge in [0.05, 0.1) is 30.1 Å². The average Bonchev–Trinajstić information content (AvgIpc) is 2.32. The molecule has 0 aromatic heterocycles. The van der Waals surface area contributed by atoms with Crippen LogP contribution in [-0.2, 0) is 10.2 Å². The normalized spacial score (nSPS) is 22.8. The van der Waals surface area contributed by atoms with Gasteiger partial charge < -0.3 is 4.74 Å². The molecule has 0 spiro atoms. The minimum Gasteiger partial charge on any atom is -0.379 e. The van der Waals surface area contributed by atoms with Gasteiger partial charge in [0, 0.05) is 0 Å². The number of hydrogen-bond donors (Lipinski definition) is 0. The minimum atomic E-state index is -0.189. The number of nitriles is 1. The highest BCUT2D eigenvalue weighted by atomic mass is 16.5. The SMILES string of the molecule is Cc1ccc(C(C)C)cc1C1(C2(C#N)CCC2)COC1. The van der Waals surface area contributed by atoms with E-state index in [1.165, 1.54) is 23.1 Å². The second kappa shape index (κ2) is 4.60. The predicted octanol–water partition coefficient (Wildman–Crippen LogP) is 4.08. The molecule has 1 saturated carbocycles. The van der Waals surface area contributed by atoms with E-state index in [9.17, 15) is 5.26 Å². The summed E-state index contributed by atoms with van der Waals surface area (Å²) >= 11 is 0. The molecule has 106 valence electrons. The topological polar surface area (TPSA) is 33.0 Å². The Morgan fingerprint density at radius 1 is 1.25 bits per heavy atom. The number of aryl methyl sites for hydroxylation is 1. The molecule has 2 nitrogen and oxygen atoms in total. The van der Waals surface area contributed by atoms with E-state index in [-0.39, 0.29) is 10.8 Å². The van der Waals surface area contributed by atoms with Crippen molar-refractivity contribution in [3.05, 3.63) is 34.9 Å². The average molecular weight is 269 g/mol. The number of nitrogens with zero attached hydrogens (tertiary/aromatic N) is 1. The Balaban J connectivity index is 2.10. The van der Waals surface area contributed by atoms with Crippen LogP contribution in [0.15, 0.2) is 18.2 Å². The highest BCUT2D eigenvalue weighted by Gasteiger charge is 2.60. The lowest BCUT2D eigenvalue weighted by Crippen LogP contribution is -2.61. The number of hydrogen-bond acceptors (Lipinski definition) is 2. The van der Waals surface area contributed by atoms with Crippen molar-refractivity contribution in [1.82, 2.24) is 0 Å². The maximum atomic E-state index is 9.76. The van der Waals surface area contributed by atoms with Crippen LogP contribution in [0.1, 0.15) is 55.7 Å². The largest absolute Gasteiger partial charge is 0.379 e. The maximum absolute atomic E-state index is 9.76. The fraction of sp³-hybridized carbons (Fsp3) is 0.611. The van der Waals surface area contributed by atoms with Crippen LogP contribution in [0.4, 0.5) is 0 Å². The number of ether oxygens (including phenoxy) is 1. The molecule has 2 heteroatoms. The summed E-state index contributed by atoms with van der Waals surface area (Å²) in [5.74, 6) is 0.520. The lowest BCUT2D eigenvalue weighted by atomic mass is 9.50. The van der Waals surface area contributed by atoms with Gasteiger partial charge in [0.15, 0.2) is 0 Å². The molecular formula is C18H23NO. The van der Waals surface area contributed by atoms with E-state index in [1.807, 2.05) is 0 Å². The number of benzene rings is 1. The zero-order valence-corrected chi connectivity index (χ0v) is 12.7. The van der Waals surface area contributed by atoms with Crippen molar-refractivity contribution < 1.29 is 4.74 Å². The monoisotopic (exact) mass is 269 g/mol. The Labute approximate surface area is 121 Å². The highest BCUT2D eigenvalue weighted by molar-refractivity contribution is 5.44. The van der Waals surface area contributed by atoms with Gasteiger partial charge in [0.25, 0.3) is 0 Å². The van der Waals surface area contributed by atoms with E-state index < -0.39 is 0 Å². The molecule has 3 rings (SSSR count). The molecule has 0 amide bonds. The van der Waals surface area contributed by atoms with Crippen LogP contribution in [0.25, 0.3) is 0 Å². The molecule has 1 heterocycles. The Morgan fingerprint density at radius 3 is 2.35 bits per heavy atom. The lowest BCUT2D eigenvalue weighted by Gasteiger charge is -2.57. The van der Waals surface area contributed by atoms with Crippen molar-refractivity contribution in [1.29, 1.82) is 5.26 Å². The molecule has 2 fully saturated rings. The smallest absolute Gasteiger partial charge is 0.0715 e. The van der Waals surface area contributed by atoms with Crippen molar-refractivity contribution in [2.75, 3.05) is 13.2 Å². The van der Waals surface area contributed by atoms with Crippen molar-refractivity contribution in [2.45, 2.75) is 51.4 Å². The third kappa shape index (κ3) is 1.66. The van der Waals surface area contributed by atoms with Crippen LogP contribution in [0.2, 0.25) is 0 Å². The van der Waals surface area contributed by atoms with E-state index >= 15 is 0 Å². The van der Waals surface area contributed by atoms with Gasteiger partial charge >= 0.3 is 0 Å². The molecule has 0 bridgehead atoms. The van der Waals surface area contributed by atoms with E-state index in [0.717, 1.165) is 12.8 Å². The second-order valence-electron chi connectivity index (χ2n) is 6.85. The maximum Gasteiger partial charge on any atom is 0.0715 e. The van der Waals surface area contributed by atoms with Crippen LogP contribution in [-0.4, -0.2) is 13.2 Å². The van der Waals surface area contributed by atoms with Gasteiger partial charge in [-0.25, -0.2) is 0 Å². The summed E-state index contributed by atoms with van der Waals surface area (Å²) in [5, 5.41) is 9.76. The van der Waals surface area contributed by atoms with Gasteiger partial charge in [-0.1, -0.05) is 38.5 Å². The standard InChI is InChI=1S/C18H23NO/c1-13(2)15-6-5-14(3)16(9-15)18(11-20-12-18)17(10-19)7-4-8-17/h5-6,9,13H,4,7-8,11-12H2,1-3H3. The molecular weight excluding hydrogens is 246 g/mol. The fourth-order valence-electron chi connectivity index (χ4n) is 3.74. The van der Waals surface area contributed by atoms with E-state index in [1.54, 1.807) is 0 Å². The van der Waals surface area contributed by atoms with E-state index in [4.69, 9.17) is 4.74 Å². The van der Waals surface area contributed by atoms with Gasteiger partial charge in [-0.15, -0.1) is 0 Å². The molecule has 1 aliphatic heterocycles. The van der Waals surface area contributed by atoms with Crippen LogP contribution in [0, 0.1) is 23.7 Å². The van der Waals surface area contributed by atoms with Crippen molar-refractivity contribution >= 4 is 0 Å². The second-order valence-corrected chi connectivity index (χ2v) is 6.85. The summed E-state index contributed by atoms with van der Waals surface area (Å²) < 4.78 is 5.58. The van der Waals surface area contributed by atoms with Gasteiger partial charge in [-0.3, -0.25) is 0 Å². The fourth-order valence-corrected chi connectivity index (χ4v) is 3.74. The summed E-state index contributed by atoms with van der Waals surface area (Å²) in [6.07, 6.45) is 3.23. The molecule has 0 atom stereocenters. The quantitative estimate of drug-likeness (QED) is 0.828. The molecule has 2 aliphatic rings. The van der Waals surface area contributed by atoms with Crippen LogP contribution >= 0.6 is 0 Å². The zero-order chi connectivity index (χ0) is 14.4. The van der Waals surface area contributed by atoms with Crippen LogP contribution < -0.4 is 0 Å². The van der Waals surface area contributed by atoms with E-state index in [0.29, 0.717) is 19.1 Å². The first-order valence-corrected chi connectivity index (χ1v) is 7.65. The van der Waals surface area contributed by atoms with Crippen molar-refractivity contribution in [3.8, 4) is 6.07 Å². The third-order valence-corrected chi connectivity index (χ3v) is 5.48. The van der Waals surface area contributed by atoms with E-state index in [2.05, 4.69) is 45.0 Å². The first-order chi connectivity index (χ1) is 9.55. The summed E-state index contributed by atoms with van der Waals surface area (Å²) in [4.78, 5) is 0. The first kappa shape index (κ1) is 13.6. The van der Waals surface area contributed by atoms with Gasteiger partial charge in [0.1, 0.15) is 0 Å². The molecule has 0 radical (unpaired) electrons. The van der Waals surface area contributed by atoms with Gasteiger partial charge in [0.2, 0.25) is 0 Å². The predicted molar refractivity (Wildman–Crippen MR) is 79.7 cm³/mol. The Hall–Kier alpha value is -1.33. The molecule has 20 heavy (non-hydrogen) atoms. The molecule has 1 aliphatic carbocycles. The zero-order valence-electron chi connectivity index (χ0n) is 12.7. The Kier molecular flexibility index (Phi) is 3.14. The van der Waals surface area contributed by atoms with Crippen LogP contribution in [0.3, 0.4) is 0 Å².